The molecule has 0 fully saturated rings. The molecule has 6 N–H and O–H groups in total. The lowest BCUT2D eigenvalue weighted by atomic mass is 10.1. The number of aryl methyl sites for hydroxylation is 1. The standard InChI is InChI=1S/C11H13N5O/c1-6-9(16-10(12)14-6)7-3-2-4-8(5-7)15-11(13)17/h2-5H,1H3,(H3,12,14,16)(H3,13,15,17). The summed E-state index contributed by atoms with van der Waals surface area (Å²) in [6.45, 7) is 1.86. The number of aromatic nitrogens is 2. The molecule has 88 valence electrons. The summed E-state index contributed by atoms with van der Waals surface area (Å²) >= 11 is 0. The SMILES string of the molecule is Cc1nc(N)[nH]c1-c1cccc(NC(N)=O)c1. The fourth-order valence-corrected chi connectivity index (χ4v) is 1.66. The maximum Gasteiger partial charge on any atom is 0.316 e. The van der Waals surface area contributed by atoms with Crippen LogP contribution in [0.2, 0.25) is 0 Å². The molecule has 0 saturated carbocycles. The van der Waals surface area contributed by atoms with Gasteiger partial charge < -0.3 is 21.8 Å². The lowest BCUT2D eigenvalue weighted by molar-refractivity contribution is 0.259. The zero-order chi connectivity index (χ0) is 12.4. The van der Waals surface area contributed by atoms with Gasteiger partial charge >= 0.3 is 6.03 Å². The Morgan fingerprint density at radius 3 is 2.82 bits per heavy atom. The van der Waals surface area contributed by atoms with Crippen molar-refractivity contribution in [2.75, 3.05) is 11.1 Å². The van der Waals surface area contributed by atoms with Gasteiger partial charge in [0.1, 0.15) is 0 Å². The smallest absolute Gasteiger partial charge is 0.316 e. The van der Waals surface area contributed by atoms with Crippen molar-refractivity contribution < 1.29 is 4.79 Å². The molecule has 17 heavy (non-hydrogen) atoms. The number of hydrogen-bond acceptors (Lipinski definition) is 3. The number of carbonyl (C=O) groups is 1. The summed E-state index contributed by atoms with van der Waals surface area (Å²) in [7, 11) is 0. The van der Waals surface area contributed by atoms with Crippen LogP contribution in [0.4, 0.5) is 16.4 Å². The third kappa shape index (κ3) is 2.36. The molecule has 1 heterocycles. The second-order valence-electron chi connectivity index (χ2n) is 3.65. The highest BCUT2D eigenvalue weighted by Gasteiger charge is 2.07. The second-order valence-corrected chi connectivity index (χ2v) is 3.65. The number of aromatic amines is 1. The molecule has 0 bridgehead atoms. The first-order chi connectivity index (χ1) is 8.06. The highest BCUT2D eigenvalue weighted by atomic mass is 16.2. The van der Waals surface area contributed by atoms with Crippen LogP contribution < -0.4 is 16.8 Å². The molecule has 0 atom stereocenters. The van der Waals surface area contributed by atoms with E-state index in [1.807, 2.05) is 19.1 Å². The van der Waals surface area contributed by atoms with Crippen molar-refractivity contribution in [3.8, 4) is 11.3 Å². The van der Waals surface area contributed by atoms with E-state index in [1.165, 1.54) is 0 Å². The molecule has 0 saturated heterocycles. The number of nitrogen functional groups attached to an aromatic ring is 1. The topological polar surface area (TPSA) is 110 Å². The number of urea groups is 1. The Morgan fingerprint density at radius 2 is 2.24 bits per heavy atom. The van der Waals surface area contributed by atoms with Crippen molar-refractivity contribution in [3.63, 3.8) is 0 Å². The van der Waals surface area contributed by atoms with Crippen LogP contribution in [0.15, 0.2) is 24.3 Å². The van der Waals surface area contributed by atoms with E-state index in [4.69, 9.17) is 11.5 Å². The van der Waals surface area contributed by atoms with Gasteiger partial charge in [-0.05, 0) is 19.1 Å². The van der Waals surface area contributed by atoms with E-state index in [9.17, 15) is 4.79 Å². The van der Waals surface area contributed by atoms with Gasteiger partial charge in [-0.15, -0.1) is 0 Å². The van der Waals surface area contributed by atoms with E-state index in [0.29, 0.717) is 11.6 Å². The number of H-pyrrole nitrogens is 1. The van der Waals surface area contributed by atoms with Gasteiger partial charge in [-0.1, -0.05) is 12.1 Å². The average molecular weight is 231 g/mol. The zero-order valence-corrected chi connectivity index (χ0v) is 9.32. The molecule has 6 heteroatoms. The van der Waals surface area contributed by atoms with Crippen LogP contribution in [-0.4, -0.2) is 16.0 Å². The Balaban J connectivity index is 2.39. The number of imidazole rings is 1. The van der Waals surface area contributed by atoms with E-state index in [2.05, 4.69) is 15.3 Å². The zero-order valence-electron chi connectivity index (χ0n) is 9.32. The molecule has 2 rings (SSSR count). The van der Waals surface area contributed by atoms with Gasteiger partial charge in [-0.3, -0.25) is 0 Å². The third-order valence-electron chi connectivity index (χ3n) is 2.32. The van der Waals surface area contributed by atoms with Gasteiger partial charge in [0.25, 0.3) is 0 Å². The second kappa shape index (κ2) is 4.17. The van der Waals surface area contributed by atoms with Crippen LogP contribution in [0.3, 0.4) is 0 Å². The molecule has 0 aliphatic heterocycles. The summed E-state index contributed by atoms with van der Waals surface area (Å²) in [5, 5.41) is 2.51. The Bertz CT molecular complexity index is 561. The van der Waals surface area contributed by atoms with Crippen molar-refractivity contribution in [2.45, 2.75) is 6.92 Å². The van der Waals surface area contributed by atoms with Gasteiger partial charge in [0.2, 0.25) is 0 Å². The maximum atomic E-state index is 10.8. The molecule has 1 aromatic heterocycles. The van der Waals surface area contributed by atoms with Crippen molar-refractivity contribution in [1.29, 1.82) is 0 Å². The molecular formula is C11H13N5O. The Kier molecular flexibility index (Phi) is 2.70. The molecular weight excluding hydrogens is 218 g/mol. The summed E-state index contributed by atoms with van der Waals surface area (Å²) < 4.78 is 0. The molecule has 0 radical (unpaired) electrons. The number of rotatable bonds is 2. The van der Waals surface area contributed by atoms with E-state index in [0.717, 1.165) is 17.0 Å². The number of hydrogen-bond donors (Lipinski definition) is 4. The summed E-state index contributed by atoms with van der Waals surface area (Å²) in [5.74, 6) is 0.366. The van der Waals surface area contributed by atoms with Crippen LogP contribution in [0.25, 0.3) is 11.3 Å². The number of nitrogens with one attached hydrogen (secondary N) is 2. The summed E-state index contributed by atoms with van der Waals surface area (Å²) in [6.07, 6.45) is 0. The molecule has 0 aliphatic carbocycles. The molecule has 0 spiro atoms. The first-order valence-corrected chi connectivity index (χ1v) is 5.05. The number of nitrogens with zero attached hydrogens (tertiary/aromatic N) is 1. The van der Waals surface area contributed by atoms with Crippen molar-refractivity contribution in [2.24, 2.45) is 5.73 Å². The monoisotopic (exact) mass is 231 g/mol. The first-order valence-electron chi connectivity index (χ1n) is 5.05. The Hall–Kier alpha value is -2.50. The fourth-order valence-electron chi connectivity index (χ4n) is 1.66. The predicted molar refractivity (Wildman–Crippen MR) is 66.4 cm³/mol. The van der Waals surface area contributed by atoms with Gasteiger partial charge in [-0.2, -0.15) is 0 Å². The van der Waals surface area contributed by atoms with E-state index < -0.39 is 6.03 Å². The van der Waals surface area contributed by atoms with Crippen LogP contribution in [0, 0.1) is 6.92 Å². The molecule has 6 nitrogen and oxygen atoms in total. The number of amides is 2. The van der Waals surface area contributed by atoms with E-state index >= 15 is 0 Å². The number of nitrogens with two attached hydrogens (primary N) is 2. The Morgan fingerprint density at radius 1 is 1.47 bits per heavy atom. The van der Waals surface area contributed by atoms with Gasteiger partial charge in [0.15, 0.2) is 5.95 Å². The van der Waals surface area contributed by atoms with Crippen LogP contribution in [0.1, 0.15) is 5.69 Å². The highest BCUT2D eigenvalue weighted by molar-refractivity contribution is 5.88. The van der Waals surface area contributed by atoms with Crippen molar-refractivity contribution in [1.82, 2.24) is 9.97 Å². The molecule has 2 aromatic rings. The number of anilines is 2. The maximum absolute atomic E-state index is 10.8. The summed E-state index contributed by atoms with van der Waals surface area (Å²) in [6, 6.07) is 6.67. The lowest BCUT2D eigenvalue weighted by Gasteiger charge is -2.04. The molecule has 0 unspecified atom stereocenters. The minimum atomic E-state index is -0.594. The van der Waals surface area contributed by atoms with Gasteiger partial charge in [-0.25, -0.2) is 9.78 Å². The minimum absolute atomic E-state index is 0.366. The minimum Gasteiger partial charge on any atom is -0.369 e. The first kappa shape index (κ1) is 11.0. The fraction of sp³-hybridized carbons (Fsp3) is 0.0909. The van der Waals surface area contributed by atoms with Gasteiger partial charge in [0, 0.05) is 11.3 Å². The third-order valence-corrected chi connectivity index (χ3v) is 2.32. The highest BCUT2D eigenvalue weighted by Crippen LogP contribution is 2.24. The van der Waals surface area contributed by atoms with E-state index in [-0.39, 0.29) is 0 Å². The average Bonchev–Trinajstić information content (AvgIpc) is 2.57. The van der Waals surface area contributed by atoms with Crippen molar-refractivity contribution >= 4 is 17.7 Å². The number of carbonyl (C=O) groups excluding carboxylic acids is 1. The number of primary amides is 1. The molecule has 1 aromatic carbocycles. The quantitative estimate of drug-likeness (QED) is 0.627. The van der Waals surface area contributed by atoms with Crippen molar-refractivity contribution in [3.05, 3.63) is 30.0 Å². The normalized spacial score (nSPS) is 10.2. The van der Waals surface area contributed by atoms with E-state index in [1.54, 1.807) is 12.1 Å². The number of benzene rings is 1. The van der Waals surface area contributed by atoms with Crippen LogP contribution in [-0.2, 0) is 0 Å². The van der Waals surface area contributed by atoms with Crippen LogP contribution >= 0.6 is 0 Å². The molecule has 2 amide bonds. The summed E-state index contributed by atoms with van der Waals surface area (Å²) in [4.78, 5) is 17.8. The van der Waals surface area contributed by atoms with Gasteiger partial charge in [0.05, 0.1) is 11.4 Å². The predicted octanol–water partition coefficient (Wildman–Crippen LogP) is 1.46. The largest absolute Gasteiger partial charge is 0.369 e. The lowest BCUT2D eigenvalue weighted by Crippen LogP contribution is -2.19. The van der Waals surface area contributed by atoms with Crippen LogP contribution in [0.5, 0.6) is 0 Å². The Labute approximate surface area is 98.0 Å². The molecule has 0 aliphatic rings. The summed E-state index contributed by atoms with van der Waals surface area (Å²) in [5.41, 5.74) is 13.8.